The van der Waals surface area contributed by atoms with Crippen LogP contribution in [0.5, 0.6) is 0 Å². The second-order valence-corrected chi connectivity index (χ2v) is 7.45. The van der Waals surface area contributed by atoms with Gasteiger partial charge >= 0.3 is 5.97 Å². The number of amides is 1. The summed E-state index contributed by atoms with van der Waals surface area (Å²) >= 11 is 12.3. The predicted octanol–water partition coefficient (Wildman–Crippen LogP) is 4.89. The van der Waals surface area contributed by atoms with Gasteiger partial charge in [0, 0.05) is 28.1 Å². The number of anilines is 1. The van der Waals surface area contributed by atoms with Crippen molar-refractivity contribution >= 4 is 40.8 Å². The third-order valence-electron chi connectivity index (χ3n) is 5.06. The van der Waals surface area contributed by atoms with Crippen molar-refractivity contribution in [2.24, 2.45) is 0 Å². The number of nitrogens with zero attached hydrogens (tertiary/aromatic N) is 1. The highest BCUT2D eigenvalue weighted by molar-refractivity contribution is 6.35. The van der Waals surface area contributed by atoms with E-state index in [9.17, 15) is 9.59 Å². The Labute approximate surface area is 167 Å². The number of benzene rings is 2. The van der Waals surface area contributed by atoms with Crippen LogP contribution < -0.4 is 4.90 Å². The Bertz CT molecular complexity index is 966. The number of carbonyl (C=O) groups is 2. The molecular weight excluding hydrogens is 385 g/mol. The van der Waals surface area contributed by atoms with E-state index < -0.39 is 11.9 Å². The summed E-state index contributed by atoms with van der Waals surface area (Å²) in [6.45, 7) is 2.16. The lowest BCUT2D eigenvalue weighted by Crippen LogP contribution is -2.37. The van der Waals surface area contributed by atoms with E-state index in [1.165, 1.54) is 5.56 Å². The lowest BCUT2D eigenvalue weighted by Gasteiger charge is -2.32. The number of hydrogen-bond acceptors (Lipinski definition) is 3. The highest BCUT2D eigenvalue weighted by atomic mass is 35.5. The van der Waals surface area contributed by atoms with Gasteiger partial charge in [-0.1, -0.05) is 48.3 Å². The third kappa shape index (κ3) is 3.13. The van der Waals surface area contributed by atoms with Gasteiger partial charge in [-0.3, -0.25) is 9.69 Å². The van der Waals surface area contributed by atoms with Crippen molar-refractivity contribution in [2.75, 3.05) is 11.5 Å². The first-order valence-electron chi connectivity index (χ1n) is 8.76. The van der Waals surface area contributed by atoms with Crippen molar-refractivity contribution in [1.29, 1.82) is 0 Å². The first-order chi connectivity index (χ1) is 13.0. The fourth-order valence-electron chi connectivity index (χ4n) is 3.68. The van der Waals surface area contributed by atoms with Crippen LogP contribution in [0, 0.1) is 0 Å². The summed E-state index contributed by atoms with van der Waals surface area (Å²) in [6, 6.07) is 12.9. The molecule has 27 heavy (non-hydrogen) atoms. The monoisotopic (exact) mass is 401 g/mol. The topological polar surface area (TPSA) is 46.6 Å². The summed E-state index contributed by atoms with van der Waals surface area (Å²) < 4.78 is 5.28. The van der Waals surface area contributed by atoms with E-state index in [1.807, 2.05) is 24.3 Å². The number of esters is 1. The average Bonchev–Trinajstić information content (AvgIpc) is 3.03. The van der Waals surface area contributed by atoms with Crippen LogP contribution in [0.3, 0.4) is 0 Å². The maximum absolute atomic E-state index is 13.0. The number of carbonyl (C=O) groups excluding carboxylic acids is 2. The Morgan fingerprint density at radius 1 is 1.11 bits per heavy atom. The van der Waals surface area contributed by atoms with E-state index in [0.29, 0.717) is 26.9 Å². The second kappa shape index (κ2) is 7.02. The van der Waals surface area contributed by atoms with E-state index in [-0.39, 0.29) is 18.9 Å². The van der Waals surface area contributed by atoms with Gasteiger partial charge in [0.2, 0.25) is 5.91 Å². The molecule has 2 heterocycles. The molecule has 0 saturated carbocycles. The van der Waals surface area contributed by atoms with Gasteiger partial charge < -0.3 is 4.74 Å². The van der Waals surface area contributed by atoms with Crippen LogP contribution in [0.1, 0.15) is 30.4 Å². The van der Waals surface area contributed by atoms with Gasteiger partial charge in [0.25, 0.3) is 0 Å². The Morgan fingerprint density at radius 2 is 1.85 bits per heavy atom. The molecule has 0 aliphatic carbocycles. The average molecular weight is 402 g/mol. The van der Waals surface area contributed by atoms with Crippen LogP contribution in [0.15, 0.2) is 53.7 Å². The minimum Gasteiger partial charge on any atom is -0.456 e. The summed E-state index contributed by atoms with van der Waals surface area (Å²) in [5.41, 5.74) is 3.72. The first-order valence-corrected chi connectivity index (χ1v) is 9.52. The lowest BCUT2D eigenvalue weighted by molar-refractivity contribution is -0.136. The SMILES string of the molecule is CCc1ccc(N2C(=O)C[C@H](c3ccc(Cl)cc3Cl)C3=C2COC3=O)cc1. The highest BCUT2D eigenvalue weighted by Crippen LogP contribution is 2.44. The van der Waals surface area contributed by atoms with Crippen molar-refractivity contribution in [3.63, 3.8) is 0 Å². The summed E-state index contributed by atoms with van der Waals surface area (Å²) in [4.78, 5) is 27.1. The molecule has 0 spiro atoms. The van der Waals surface area contributed by atoms with Crippen molar-refractivity contribution in [3.05, 3.63) is 74.9 Å². The van der Waals surface area contributed by atoms with E-state index in [1.54, 1.807) is 23.1 Å². The number of hydrogen-bond donors (Lipinski definition) is 0. The van der Waals surface area contributed by atoms with Gasteiger partial charge in [-0.2, -0.15) is 0 Å². The largest absolute Gasteiger partial charge is 0.456 e. The number of aryl methyl sites for hydroxylation is 1. The van der Waals surface area contributed by atoms with Crippen LogP contribution in [-0.4, -0.2) is 18.5 Å². The minimum absolute atomic E-state index is 0.0805. The Kier molecular flexibility index (Phi) is 4.70. The van der Waals surface area contributed by atoms with E-state index in [2.05, 4.69) is 6.92 Å². The third-order valence-corrected chi connectivity index (χ3v) is 5.62. The first kappa shape index (κ1) is 18.1. The number of rotatable bonds is 3. The number of cyclic esters (lactones) is 1. The summed E-state index contributed by atoms with van der Waals surface area (Å²) in [5, 5.41) is 0.944. The molecule has 138 valence electrons. The van der Waals surface area contributed by atoms with Gasteiger partial charge in [-0.25, -0.2) is 4.79 Å². The van der Waals surface area contributed by atoms with Crippen LogP contribution in [0.25, 0.3) is 0 Å². The zero-order chi connectivity index (χ0) is 19.1. The standard InChI is InChI=1S/C21H17Cl2NO3/c1-2-12-3-6-14(7-4-12)24-18-11-27-21(26)20(18)16(10-19(24)25)15-8-5-13(22)9-17(15)23/h3-9,16H,2,10-11H2,1H3/t16-/m1/s1. The molecule has 0 saturated heterocycles. The van der Waals surface area contributed by atoms with Gasteiger partial charge in [0.15, 0.2) is 0 Å². The molecule has 4 rings (SSSR count). The minimum atomic E-state index is -0.432. The van der Waals surface area contributed by atoms with Crippen molar-refractivity contribution < 1.29 is 14.3 Å². The molecule has 6 heteroatoms. The van der Waals surface area contributed by atoms with Gasteiger partial charge in [-0.05, 0) is 41.8 Å². The molecule has 0 N–H and O–H groups in total. The number of ether oxygens (including phenoxy) is 1. The van der Waals surface area contributed by atoms with Crippen molar-refractivity contribution in [1.82, 2.24) is 0 Å². The molecule has 0 unspecified atom stereocenters. The zero-order valence-corrected chi connectivity index (χ0v) is 16.2. The van der Waals surface area contributed by atoms with Crippen molar-refractivity contribution in [3.8, 4) is 0 Å². The van der Waals surface area contributed by atoms with Crippen molar-refractivity contribution in [2.45, 2.75) is 25.7 Å². The van der Waals surface area contributed by atoms with Crippen LogP contribution in [0.4, 0.5) is 5.69 Å². The molecule has 0 fully saturated rings. The molecule has 0 aromatic heterocycles. The molecule has 2 aliphatic heterocycles. The zero-order valence-electron chi connectivity index (χ0n) is 14.7. The summed E-state index contributed by atoms with van der Waals surface area (Å²) in [7, 11) is 0. The van der Waals surface area contributed by atoms with Gasteiger partial charge in [-0.15, -0.1) is 0 Å². The molecule has 0 bridgehead atoms. The number of halogens is 2. The normalized spacial score (nSPS) is 19.4. The van der Waals surface area contributed by atoms with Crippen LogP contribution in [-0.2, 0) is 20.7 Å². The fraction of sp³-hybridized carbons (Fsp3) is 0.238. The Hall–Kier alpha value is -2.30. The molecule has 4 nitrogen and oxygen atoms in total. The Morgan fingerprint density at radius 3 is 2.52 bits per heavy atom. The second-order valence-electron chi connectivity index (χ2n) is 6.61. The van der Waals surface area contributed by atoms with Crippen LogP contribution >= 0.6 is 23.2 Å². The Balaban J connectivity index is 1.81. The van der Waals surface area contributed by atoms with E-state index >= 15 is 0 Å². The fourth-order valence-corrected chi connectivity index (χ4v) is 4.22. The molecule has 1 atom stereocenters. The molecule has 2 aromatic rings. The smallest absolute Gasteiger partial charge is 0.336 e. The molecular formula is C21H17Cl2NO3. The quantitative estimate of drug-likeness (QED) is 0.687. The van der Waals surface area contributed by atoms with Gasteiger partial charge in [0.1, 0.15) is 6.61 Å². The molecule has 2 aliphatic rings. The molecule has 2 aromatic carbocycles. The molecule has 1 amide bonds. The summed E-state index contributed by atoms with van der Waals surface area (Å²) in [6.07, 6.45) is 1.06. The lowest BCUT2D eigenvalue weighted by atomic mass is 9.84. The maximum atomic E-state index is 13.0. The molecule has 0 radical (unpaired) electrons. The maximum Gasteiger partial charge on any atom is 0.336 e. The highest BCUT2D eigenvalue weighted by Gasteiger charge is 2.43. The van der Waals surface area contributed by atoms with Crippen LogP contribution in [0.2, 0.25) is 10.0 Å². The summed E-state index contributed by atoms with van der Waals surface area (Å²) in [5.74, 6) is -0.922. The van der Waals surface area contributed by atoms with E-state index in [0.717, 1.165) is 12.1 Å². The predicted molar refractivity (Wildman–Crippen MR) is 105 cm³/mol. The van der Waals surface area contributed by atoms with Gasteiger partial charge in [0.05, 0.1) is 11.3 Å². The van der Waals surface area contributed by atoms with E-state index in [4.69, 9.17) is 27.9 Å².